The topological polar surface area (TPSA) is 56.1 Å². The Kier molecular flexibility index (Phi) is 4.40. The second-order valence-electron chi connectivity index (χ2n) is 5.91. The number of benzene rings is 2. The van der Waals surface area contributed by atoms with Gasteiger partial charge >= 0.3 is 0 Å². The number of anilines is 1. The molecule has 1 aliphatic carbocycles. The molecule has 23 heavy (non-hydrogen) atoms. The summed E-state index contributed by atoms with van der Waals surface area (Å²) in [7, 11) is 1.99. The average molecular weight is 305 g/mol. The van der Waals surface area contributed by atoms with E-state index in [-0.39, 0.29) is 5.91 Å². The van der Waals surface area contributed by atoms with E-state index >= 15 is 0 Å². The standard InChI is InChI=1S/C19H19N3O/c1-22(18-11-8-15-4-2-3-5-17(15)18)13-19(23)21-16-9-6-14(12-20)7-10-16/h2-7,9-10,18H,8,11,13H2,1H3,(H,21,23)/t18-/m0/s1. The Hall–Kier alpha value is -2.64. The average Bonchev–Trinajstić information content (AvgIpc) is 2.99. The van der Waals surface area contributed by atoms with Gasteiger partial charge in [-0.1, -0.05) is 24.3 Å². The number of aryl methyl sites for hydroxylation is 1. The van der Waals surface area contributed by atoms with Gasteiger partial charge in [0.2, 0.25) is 5.91 Å². The number of hydrogen-bond acceptors (Lipinski definition) is 3. The zero-order valence-corrected chi connectivity index (χ0v) is 13.1. The monoisotopic (exact) mass is 305 g/mol. The highest BCUT2D eigenvalue weighted by Gasteiger charge is 2.26. The number of nitrogens with one attached hydrogen (secondary N) is 1. The summed E-state index contributed by atoms with van der Waals surface area (Å²) in [5, 5.41) is 11.7. The second-order valence-corrected chi connectivity index (χ2v) is 5.91. The van der Waals surface area contributed by atoms with Crippen molar-refractivity contribution < 1.29 is 4.79 Å². The van der Waals surface area contributed by atoms with Crippen molar-refractivity contribution >= 4 is 11.6 Å². The summed E-state index contributed by atoms with van der Waals surface area (Å²) in [5.74, 6) is -0.0402. The number of amides is 1. The predicted molar refractivity (Wildman–Crippen MR) is 89.9 cm³/mol. The number of fused-ring (bicyclic) bond motifs is 1. The Labute approximate surface area is 136 Å². The van der Waals surface area contributed by atoms with Crippen molar-refractivity contribution in [2.75, 3.05) is 18.9 Å². The third kappa shape index (κ3) is 3.41. The van der Waals surface area contributed by atoms with Crippen molar-refractivity contribution in [1.29, 1.82) is 5.26 Å². The van der Waals surface area contributed by atoms with Gasteiger partial charge in [0.1, 0.15) is 0 Å². The molecular formula is C19H19N3O. The molecule has 3 rings (SSSR count). The molecular weight excluding hydrogens is 286 g/mol. The Morgan fingerprint density at radius 3 is 2.74 bits per heavy atom. The van der Waals surface area contributed by atoms with Crippen LogP contribution in [0.5, 0.6) is 0 Å². The van der Waals surface area contributed by atoms with Gasteiger partial charge in [-0.05, 0) is 55.3 Å². The minimum atomic E-state index is -0.0402. The van der Waals surface area contributed by atoms with Gasteiger partial charge in [-0.2, -0.15) is 5.26 Å². The molecule has 0 spiro atoms. The largest absolute Gasteiger partial charge is 0.325 e. The van der Waals surface area contributed by atoms with Crippen LogP contribution in [0.1, 0.15) is 29.2 Å². The maximum absolute atomic E-state index is 12.2. The highest BCUT2D eigenvalue weighted by atomic mass is 16.2. The quantitative estimate of drug-likeness (QED) is 0.944. The number of rotatable bonds is 4. The van der Waals surface area contributed by atoms with E-state index in [1.807, 2.05) is 7.05 Å². The van der Waals surface area contributed by atoms with Gasteiger partial charge in [-0.15, -0.1) is 0 Å². The maximum atomic E-state index is 12.2. The lowest BCUT2D eigenvalue weighted by Gasteiger charge is -2.24. The highest BCUT2D eigenvalue weighted by Crippen LogP contribution is 2.34. The van der Waals surface area contributed by atoms with Gasteiger partial charge in [0.05, 0.1) is 18.2 Å². The number of hydrogen-bond donors (Lipinski definition) is 1. The molecule has 1 atom stereocenters. The van der Waals surface area contributed by atoms with Crippen LogP contribution in [0.15, 0.2) is 48.5 Å². The van der Waals surface area contributed by atoms with Gasteiger partial charge in [-0.3, -0.25) is 9.69 Å². The zero-order valence-electron chi connectivity index (χ0n) is 13.1. The van der Waals surface area contributed by atoms with Crippen molar-refractivity contribution in [3.63, 3.8) is 0 Å². The van der Waals surface area contributed by atoms with Crippen LogP contribution in [0, 0.1) is 11.3 Å². The smallest absolute Gasteiger partial charge is 0.238 e. The molecule has 116 valence electrons. The molecule has 1 N–H and O–H groups in total. The number of carbonyl (C=O) groups is 1. The first-order chi connectivity index (χ1) is 11.2. The van der Waals surface area contributed by atoms with E-state index in [1.165, 1.54) is 11.1 Å². The summed E-state index contributed by atoms with van der Waals surface area (Å²) in [6, 6.07) is 17.7. The van der Waals surface area contributed by atoms with Crippen LogP contribution in [0.2, 0.25) is 0 Å². The van der Waals surface area contributed by atoms with Crippen LogP contribution in [-0.2, 0) is 11.2 Å². The Balaban J connectivity index is 1.61. The molecule has 0 heterocycles. The first kappa shape index (κ1) is 15.3. The van der Waals surface area contributed by atoms with E-state index in [0.717, 1.165) is 12.8 Å². The SMILES string of the molecule is CN(CC(=O)Nc1ccc(C#N)cc1)[C@H]1CCc2ccccc21. The molecule has 0 fully saturated rings. The fraction of sp³-hybridized carbons (Fsp3) is 0.263. The molecule has 0 aliphatic heterocycles. The summed E-state index contributed by atoms with van der Waals surface area (Å²) in [4.78, 5) is 14.3. The Morgan fingerprint density at radius 2 is 2.00 bits per heavy atom. The molecule has 0 saturated carbocycles. The summed E-state index contributed by atoms with van der Waals surface area (Å²) in [6.07, 6.45) is 2.13. The number of nitrogens with zero attached hydrogens (tertiary/aromatic N) is 2. The Morgan fingerprint density at radius 1 is 1.26 bits per heavy atom. The number of nitriles is 1. The molecule has 0 aromatic heterocycles. The van der Waals surface area contributed by atoms with E-state index in [0.29, 0.717) is 23.8 Å². The summed E-state index contributed by atoms with van der Waals surface area (Å²) in [6.45, 7) is 0.346. The van der Waals surface area contributed by atoms with E-state index in [1.54, 1.807) is 24.3 Å². The molecule has 0 saturated heterocycles. The minimum Gasteiger partial charge on any atom is -0.325 e. The van der Waals surface area contributed by atoms with Crippen molar-refractivity contribution in [3.8, 4) is 6.07 Å². The fourth-order valence-corrected chi connectivity index (χ4v) is 3.16. The van der Waals surface area contributed by atoms with Crippen molar-refractivity contribution in [1.82, 2.24) is 4.90 Å². The van der Waals surface area contributed by atoms with Crippen LogP contribution >= 0.6 is 0 Å². The van der Waals surface area contributed by atoms with E-state index in [4.69, 9.17) is 5.26 Å². The normalized spacial score (nSPS) is 16.0. The van der Waals surface area contributed by atoms with Gasteiger partial charge in [0, 0.05) is 11.7 Å². The summed E-state index contributed by atoms with van der Waals surface area (Å²) >= 11 is 0. The van der Waals surface area contributed by atoms with Crippen LogP contribution in [0.25, 0.3) is 0 Å². The molecule has 4 heteroatoms. The van der Waals surface area contributed by atoms with Crippen LogP contribution < -0.4 is 5.32 Å². The first-order valence-corrected chi connectivity index (χ1v) is 7.75. The highest BCUT2D eigenvalue weighted by molar-refractivity contribution is 5.92. The lowest BCUT2D eigenvalue weighted by Crippen LogP contribution is -2.32. The van der Waals surface area contributed by atoms with Crippen molar-refractivity contribution in [3.05, 3.63) is 65.2 Å². The van der Waals surface area contributed by atoms with Crippen LogP contribution in [0.3, 0.4) is 0 Å². The lowest BCUT2D eigenvalue weighted by molar-refractivity contribution is -0.117. The number of likely N-dealkylation sites (N-methyl/N-ethyl adjacent to an activating group) is 1. The van der Waals surface area contributed by atoms with Crippen molar-refractivity contribution in [2.24, 2.45) is 0 Å². The predicted octanol–water partition coefficient (Wildman–Crippen LogP) is 3.12. The second kappa shape index (κ2) is 6.64. The van der Waals surface area contributed by atoms with Gasteiger partial charge in [-0.25, -0.2) is 0 Å². The third-order valence-electron chi connectivity index (χ3n) is 4.32. The van der Waals surface area contributed by atoms with E-state index in [9.17, 15) is 4.79 Å². The lowest BCUT2D eigenvalue weighted by atomic mass is 10.1. The summed E-state index contributed by atoms with van der Waals surface area (Å²) < 4.78 is 0. The first-order valence-electron chi connectivity index (χ1n) is 7.75. The molecule has 4 nitrogen and oxygen atoms in total. The van der Waals surface area contributed by atoms with Crippen molar-refractivity contribution in [2.45, 2.75) is 18.9 Å². The fourth-order valence-electron chi connectivity index (χ4n) is 3.16. The molecule has 1 aliphatic rings. The minimum absolute atomic E-state index is 0.0402. The molecule has 0 bridgehead atoms. The molecule has 0 unspecified atom stereocenters. The summed E-state index contributed by atoms with van der Waals surface area (Å²) in [5.41, 5.74) is 4.02. The maximum Gasteiger partial charge on any atom is 0.238 e. The Bertz CT molecular complexity index is 746. The molecule has 1 amide bonds. The van der Waals surface area contributed by atoms with Gasteiger partial charge in [0.15, 0.2) is 0 Å². The number of carbonyl (C=O) groups excluding carboxylic acids is 1. The van der Waals surface area contributed by atoms with E-state index in [2.05, 4.69) is 40.6 Å². The van der Waals surface area contributed by atoms with Crippen LogP contribution in [-0.4, -0.2) is 24.4 Å². The molecule has 0 radical (unpaired) electrons. The van der Waals surface area contributed by atoms with E-state index < -0.39 is 0 Å². The van der Waals surface area contributed by atoms with Gasteiger partial charge in [0.25, 0.3) is 0 Å². The molecule has 2 aromatic carbocycles. The van der Waals surface area contributed by atoms with Gasteiger partial charge < -0.3 is 5.32 Å². The van der Waals surface area contributed by atoms with Crippen LogP contribution in [0.4, 0.5) is 5.69 Å². The third-order valence-corrected chi connectivity index (χ3v) is 4.32. The molecule has 2 aromatic rings. The zero-order chi connectivity index (χ0) is 16.2.